The van der Waals surface area contributed by atoms with Crippen molar-refractivity contribution in [3.63, 3.8) is 0 Å². The first-order chi connectivity index (χ1) is 12.5. The molecule has 0 saturated carbocycles. The molecule has 0 atom stereocenters. The third-order valence-electron chi connectivity index (χ3n) is 3.86. The Labute approximate surface area is 160 Å². The molecule has 0 aliphatic heterocycles. The fraction of sp³-hybridized carbons (Fsp3) is 0.222. The number of phenolic OH excluding ortho intramolecular Hbond substituents is 2. The Kier molecular flexibility index (Phi) is 7.12. The van der Waals surface area contributed by atoms with E-state index in [1.54, 1.807) is 0 Å². The normalized spacial score (nSPS) is 12.4. The Bertz CT molecular complexity index is 768. The molecule has 0 aromatic heterocycles. The number of oxime groups is 2. The summed E-state index contributed by atoms with van der Waals surface area (Å²) in [6.45, 7) is 0. The van der Waals surface area contributed by atoms with E-state index in [0.717, 1.165) is 0 Å². The summed E-state index contributed by atoms with van der Waals surface area (Å²) < 4.78 is 0. The summed E-state index contributed by atoms with van der Waals surface area (Å²) in [5.74, 6) is -0.0488. The molecule has 2 rings (SSSR count). The zero-order valence-corrected chi connectivity index (χ0v) is 15.2. The van der Waals surface area contributed by atoms with Crippen LogP contribution in [0.1, 0.15) is 36.8 Å². The summed E-state index contributed by atoms with van der Waals surface area (Å²) >= 11 is 11.8. The van der Waals surface area contributed by atoms with Gasteiger partial charge in [0.2, 0.25) is 0 Å². The highest BCUT2D eigenvalue weighted by Crippen LogP contribution is 2.26. The van der Waals surface area contributed by atoms with E-state index in [0.29, 0.717) is 58.3 Å². The van der Waals surface area contributed by atoms with Gasteiger partial charge in [0.15, 0.2) is 0 Å². The molecule has 0 aliphatic carbocycles. The molecule has 0 saturated heterocycles. The van der Waals surface area contributed by atoms with E-state index in [-0.39, 0.29) is 11.5 Å². The molecule has 0 heterocycles. The van der Waals surface area contributed by atoms with Crippen LogP contribution in [-0.4, -0.2) is 32.1 Å². The number of benzene rings is 2. The van der Waals surface area contributed by atoms with Crippen molar-refractivity contribution in [3.8, 4) is 11.5 Å². The Morgan fingerprint density at radius 3 is 1.46 bits per heavy atom. The Morgan fingerprint density at radius 1 is 0.731 bits per heavy atom. The zero-order valence-electron chi connectivity index (χ0n) is 13.7. The van der Waals surface area contributed by atoms with Gasteiger partial charge >= 0.3 is 0 Å². The van der Waals surface area contributed by atoms with Crippen LogP contribution in [0.4, 0.5) is 0 Å². The van der Waals surface area contributed by atoms with Gasteiger partial charge in [-0.05, 0) is 62.1 Å². The van der Waals surface area contributed by atoms with Crippen LogP contribution in [-0.2, 0) is 0 Å². The summed E-state index contributed by atoms with van der Waals surface area (Å²) in [5.41, 5.74) is 1.34. The molecule has 0 radical (unpaired) electrons. The van der Waals surface area contributed by atoms with E-state index in [1.807, 2.05) is 0 Å². The standard InChI is InChI=1S/C18H18Cl2N2O4/c19-11-5-7-17(23)13(9-11)15(21-25)3-1-2-4-16(22-26)14-10-12(20)6-8-18(14)24/h5-10,23-26H,1-4H2. The van der Waals surface area contributed by atoms with Crippen LogP contribution in [0.15, 0.2) is 46.7 Å². The molecule has 0 aliphatic rings. The largest absolute Gasteiger partial charge is 0.507 e. The Morgan fingerprint density at radius 2 is 1.12 bits per heavy atom. The quantitative estimate of drug-likeness (QED) is 0.228. The third kappa shape index (κ3) is 5.03. The first-order valence-corrected chi connectivity index (χ1v) is 8.61. The van der Waals surface area contributed by atoms with Gasteiger partial charge < -0.3 is 20.6 Å². The molecule has 0 unspecified atom stereocenters. The van der Waals surface area contributed by atoms with Gasteiger partial charge in [-0.3, -0.25) is 0 Å². The smallest absolute Gasteiger partial charge is 0.124 e. The van der Waals surface area contributed by atoms with Gasteiger partial charge in [0, 0.05) is 21.2 Å². The zero-order chi connectivity index (χ0) is 19.1. The molecule has 0 bridgehead atoms. The van der Waals surface area contributed by atoms with Gasteiger partial charge in [-0.2, -0.15) is 0 Å². The highest BCUT2D eigenvalue weighted by Gasteiger charge is 2.13. The van der Waals surface area contributed by atoms with E-state index in [9.17, 15) is 20.6 Å². The number of halogens is 2. The van der Waals surface area contributed by atoms with Gasteiger partial charge in [-0.25, -0.2) is 0 Å². The first-order valence-electron chi connectivity index (χ1n) is 7.86. The van der Waals surface area contributed by atoms with Crippen LogP contribution in [0.5, 0.6) is 11.5 Å². The van der Waals surface area contributed by atoms with E-state index in [4.69, 9.17) is 23.2 Å². The van der Waals surface area contributed by atoms with Gasteiger partial charge in [-0.15, -0.1) is 0 Å². The maximum atomic E-state index is 9.88. The van der Waals surface area contributed by atoms with Crippen molar-refractivity contribution in [1.29, 1.82) is 0 Å². The second-order valence-electron chi connectivity index (χ2n) is 5.62. The monoisotopic (exact) mass is 396 g/mol. The van der Waals surface area contributed by atoms with Crippen molar-refractivity contribution >= 4 is 34.6 Å². The minimum atomic E-state index is -0.0244. The van der Waals surface area contributed by atoms with Crippen LogP contribution in [0.25, 0.3) is 0 Å². The molecule has 2 aromatic rings. The SMILES string of the molecule is ON=C(CCCCC(=NO)c1cc(Cl)ccc1O)c1cc(Cl)ccc1O. The number of nitrogens with zero attached hydrogens (tertiary/aromatic N) is 2. The number of phenols is 2. The van der Waals surface area contributed by atoms with Crippen LogP contribution in [0.2, 0.25) is 10.0 Å². The van der Waals surface area contributed by atoms with Crippen molar-refractivity contribution in [3.05, 3.63) is 57.6 Å². The summed E-state index contributed by atoms with van der Waals surface area (Å²) in [6.07, 6.45) is 1.94. The van der Waals surface area contributed by atoms with Crippen LogP contribution in [0.3, 0.4) is 0 Å². The van der Waals surface area contributed by atoms with Gasteiger partial charge in [0.05, 0.1) is 11.4 Å². The molecule has 0 spiro atoms. The molecule has 4 N–H and O–H groups in total. The number of aromatic hydroxyl groups is 2. The third-order valence-corrected chi connectivity index (χ3v) is 4.33. The molecule has 0 fully saturated rings. The molecule has 0 amide bonds. The number of rotatable bonds is 7. The minimum Gasteiger partial charge on any atom is -0.507 e. The highest BCUT2D eigenvalue weighted by atomic mass is 35.5. The lowest BCUT2D eigenvalue weighted by Crippen LogP contribution is -2.05. The van der Waals surface area contributed by atoms with E-state index < -0.39 is 0 Å². The Hall–Kier alpha value is -2.44. The lowest BCUT2D eigenvalue weighted by Gasteiger charge is -2.09. The minimum absolute atomic E-state index is 0.0244. The van der Waals surface area contributed by atoms with Crippen LogP contribution >= 0.6 is 23.2 Å². The maximum absolute atomic E-state index is 9.88. The molecule has 8 heteroatoms. The van der Waals surface area contributed by atoms with Crippen molar-refractivity contribution in [2.45, 2.75) is 25.7 Å². The molecule has 6 nitrogen and oxygen atoms in total. The van der Waals surface area contributed by atoms with Crippen molar-refractivity contribution < 1.29 is 20.6 Å². The fourth-order valence-electron chi connectivity index (χ4n) is 2.54. The van der Waals surface area contributed by atoms with Gasteiger partial charge in [0.25, 0.3) is 0 Å². The summed E-state index contributed by atoms with van der Waals surface area (Å²) in [4.78, 5) is 0. The van der Waals surface area contributed by atoms with E-state index >= 15 is 0 Å². The number of unbranched alkanes of at least 4 members (excludes halogenated alkanes) is 1. The molecule has 2 aromatic carbocycles. The lowest BCUT2D eigenvalue weighted by atomic mass is 9.99. The molecule has 138 valence electrons. The number of hydrogen-bond acceptors (Lipinski definition) is 6. The maximum Gasteiger partial charge on any atom is 0.124 e. The first kappa shape index (κ1) is 19.9. The predicted molar refractivity (Wildman–Crippen MR) is 101 cm³/mol. The predicted octanol–water partition coefficient (Wildman–Crippen LogP) is 5.02. The van der Waals surface area contributed by atoms with E-state index in [1.165, 1.54) is 36.4 Å². The van der Waals surface area contributed by atoms with E-state index in [2.05, 4.69) is 10.3 Å². The van der Waals surface area contributed by atoms with Crippen LogP contribution in [0, 0.1) is 0 Å². The number of hydrogen-bond donors (Lipinski definition) is 4. The average molecular weight is 397 g/mol. The molecule has 26 heavy (non-hydrogen) atoms. The Balaban J connectivity index is 1.98. The van der Waals surface area contributed by atoms with Crippen molar-refractivity contribution in [2.24, 2.45) is 10.3 Å². The van der Waals surface area contributed by atoms with Gasteiger partial charge in [-0.1, -0.05) is 33.5 Å². The summed E-state index contributed by atoms with van der Waals surface area (Å²) in [6, 6.07) is 8.99. The summed E-state index contributed by atoms with van der Waals surface area (Å²) in [7, 11) is 0. The van der Waals surface area contributed by atoms with Crippen molar-refractivity contribution in [1.82, 2.24) is 0 Å². The van der Waals surface area contributed by atoms with Gasteiger partial charge in [0.1, 0.15) is 11.5 Å². The average Bonchev–Trinajstić information content (AvgIpc) is 2.63. The summed E-state index contributed by atoms with van der Waals surface area (Å²) in [5, 5.41) is 45.5. The topological polar surface area (TPSA) is 106 Å². The molecular formula is C18H18Cl2N2O4. The highest BCUT2D eigenvalue weighted by molar-refractivity contribution is 6.31. The second-order valence-corrected chi connectivity index (χ2v) is 6.50. The lowest BCUT2D eigenvalue weighted by molar-refractivity contribution is 0.316. The van der Waals surface area contributed by atoms with Crippen molar-refractivity contribution in [2.75, 3.05) is 0 Å². The second kappa shape index (κ2) is 9.31. The fourth-order valence-corrected chi connectivity index (χ4v) is 2.88. The van der Waals surface area contributed by atoms with Crippen LogP contribution < -0.4 is 0 Å². The molecular weight excluding hydrogens is 379 g/mol.